The summed E-state index contributed by atoms with van der Waals surface area (Å²) in [6, 6.07) is 8.22. The van der Waals surface area contributed by atoms with Crippen LogP contribution >= 0.6 is 11.8 Å². The quantitative estimate of drug-likeness (QED) is 0.333. The van der Waals surface area contributed by atoms with E-state index in [1.807, 2.05) is 18.4 Å². The van der Waals surface area contributed by atoms with Gasteiger partial charge in [-0.2, -0.15) is 0 Å². The molecule has 3 nitrogen and oxygen atoms in total. The Kier molecular flexibility index (Phi) is 8.51. The lowest BCUT2D eigenvalue weighted by atomic mass is 9.81. The van der Waals surface area contributed by atoms with Crippen LogP contribution < -0.4 is 4.74 Å². The van der Waals surface area contributed by atoms with Gasteiger partial charge in [0.1, 0.15) is 17.8 Å². The number of unbranched alkanes of at least 4 members (excludes halogenated alkanes) is 2. The second-order valence-electron chi connectivity index (χ2n) is 6.47. The minimum atomic E-state index is -0.0390. The lowest BCUT2D eigenvalue weighted by Crippen LogP contribution is -2.29. The van der Waals surface area contributed by atoms with Crippen molar-refractivity contribution < 1.29 is 14.3 Å². The number of esters is 1. The molecule has 0 radical (unpaired) electrons. The van der Waals surface area contributed by atoms with Crippen LogP contribution in [0.4, 0.5) is 0 Å². The lowest BCUT2D eigenvalue weighted by Gasteiger charge is -2.32. The third kappa shape index (κ3) is 5.73. The summed E-state index contributed by atoms with van der Waals surface area (Å²) in [5.74, 6) is 1.80. The molecule has 0 heterocycles. The van der Waals surface area contributed by atoms with Gasteiger partial charge in [-0.3, -0.25) is 4.79 Å². The summed E-state index contributed by atoms with van der Waals surface area (Å²) in [5, 5.41) is 0. The van der Waals surface area contributed by atoms with Gasteiger partial charge in [0.2, 0.25) is 0 Å². The molecule has 1 fully saturated rings. The molecule has 0 aliphatic heterocycles. The van der Waals surface area contributed by atoms with Crippen molar-refractivity contribution in [2.24, 2.45) is 0 Å². The average Bonchev–Trinajstić information content (AvgIpc) is 2.61. The van der Waals surface area contributed by atoms with Gasteiger partial charge in [-0.15, -0.1) is 11.8 Å². The van der Waals surface area contributed by atoms with Gasteiger partial charge >= 0.3 is 5.97 Å². The third-order valence-corrected chi connectivity index (χ3v) is 4.97. The number of hydrogen-bond acceptors (Lipinski definition) is 4. The van der Waals surface area contributed by atoms with Gasteiger partial charge in [-0.05, 0) is 38.0 Å². The number of benzene rings is 1. The Bertz CT molecular complexity index is 503. The normalized spacial score (nSPS) is 20.6. The van der Waals surface area contributed by atoms with E-state index >= 15 is 0 Å². The van der Waals surface area contributed by atoms with E-state index in [-0.39, 0.29) is 18.0 Å². The zero-order chi connectivity index (χ0) is 17.2. The molecule has 1 aliphatic rings. The van der Waals surface area contributed by atoms with Crippen LogP contribution in [0, 0.1) is 0 Å². The van der Waals surface area contributed by atoms with E-state index in [9.17, 15) is 4.79 Å². The largest absolute Gasteiger partial charge is 0.483 e. The fourth-order valence-electron chi connectivity index (χ4n) is 3.38. The lowest BCUT2D eigenvalue weighted by molar-refractivity contribution is -0.151. The summed E-state index contributed by atoms with van der Waals surface area (Å²) >= 11 is 1.67. The van der Waals surface area contributed by atoms with Crippen molar-refractivity contribution in [3.8, 4) is 5.75 Å². The molecule has 1 aromatic carbocycles. The average molecular weight is 351 g/mol. The van der Waals surface area contributed by atoms with E-state index in [2.05, 4.69) is 19.1 Å². The Morgan fingerprint density at radius 3 is 2.79 bits per heavy atom. The Morgan fingerprint density at radius 1 is 1.21 bits per heavy atom. The molecular formula is C20H30O3S. The molecule has 4 heteroatoms. The second-order valence-corrected chi connectivity index (χ2v) is 7.28. The van der Waals surface area contributed by atoms with Crippen LogP contribution in [0.15, 0.2) is 24.3 Å². The molecule has 2 rings (SSSR count). The zero-order valence-electron chi connectivity index (χ0n) is 15.0. The second kappa shape index (κ2) is 10.7. The van der Waals surface area contributed by atoms with Crippen LogP contribution in [-0.2, 0) is 9.53 Å². The maximum absolute atomic E-state index is 12.2. The highest BCUT2D eigenvalue weighted by molar-refractivity contribution is 7.98. The topological polar surface area (TPSA) is 35.5 Å². The molecule has 0 amide bonds. The Morgan fingerprint density at radius 2 is 2.00 bits per heavy atom. The molecule has 1 saturated carbocycles. The number of carbonyl (C=O) groups is 1. The molecule has 0 aromatic heterocycles. The standard InChI is InChI=1S/C20H30O3S/c1-3-4-5-14-20(21)23-19-13-9-7-11-17(19)16-10-6-8-12-18(16)22-15-24-2/h6,8,10,12,17,19H,3-5,7,9,11,13-15H2,1-2H3/t17-,19+/m1/s1. The van der Waals surface area contributed by atoms with Crippen molar-refractivity contribution in [2.75, 3.05) is 12.2 Å². The van der Waals surface area contributed by atoms with E-state index in [1.165, 1.54) is 12.0 Å². The molecule has 0 bridgehead atoms. The predicted octanol–water partition coefficient (Wildman–Crippen LogP) is 5.54. The fourth-order valence-corrected chi connectivity index (χ4v) is 3.63. The Balaban J connectivity index is 2.04. The summed E-state index contributed by atoms with van der Waals surface area (Å²) in [6.07, 6.45) is 10.1. The first kappa shape index (κ1) is 19.2. The van der Waals surface area contributed by atoms with Crippen LogP contribution in [0.2, 0.25) is 0 Å². The Labute approximate surface area is 150 Å². The van der Waals surface area contributed by atoms with Gasteiger partial charge < -0.3 is 9.47 Å². The first-order chi connectivity index (χ1) is 11.8. The SMILES string of the molecule is CCCCCC(=O)O[C@H]1CCCC[C@@H]1c1ccccc1OCSC. The fraction of sp³-hybridized carbons (Fsp3) is 0.650. The summed E-state index contributed by atoms with van der Waals surface area (Å²) in [7, 11) is 0. The third-order valence-electron chi connectivity index (χ3n) is 4.62. The van der Waals surface area contributed by atoms with Gasteiger partial charge in [0.05, 0.1) is 0 Å². The van der Waals surface area contributed by atoms with E-state index in [0.29, 0.717) is 12.4 Å². The summed E-state index contributed by atoms with van der Waals surface area (Å²) in [4.78, 5) is 12.2. The first-order valence-corrected chi connectivity index (χ1v) is 10.6. The number of ether oxygens (including phenoxy) is 2. The molecular weight excluding hydrogens is 320 g/mol. The summed E-state index contributed by atoms with van der Waals surface area (Å²) in [6.45, 7) is 2.15. The number of hydrogen-bond donors (Lipinski definition) is 0. The smallest absolute Gasteiger partial charge is 0.306 e. The van der Waals surface area contributed by atoms with Crippen molar-refractivity contribution in [2.45, 2.75) is 70.3 Å². The van der Waals surface area contributed by atoms with E-state index in [0.717, 1.165) is 44.3 Å². The molecule has 0 spiro atoms. The molecule has 0 saturated heterocycles. The number of rotatable bonds is 9. The molecule has 24 heavy (non-hydrogen) atoms. The van der Waals surface area contributed by atoms with Gasteiger partial charge in [-0.1, -0.05) is 44.4 Å². The van der Waals surface area contributed by atoms with Gasteiger partial charge in [0, 0.05) is 17.9 Å². The highest BCUT2D eigenvalue weighted by Crippen LogP contribution is 2.39. The molecule has 1 aliphatic carbocycles. The number of carbonyl (C=O) groups excluding carboxylic acids is 1. The molecule has 134 valence electrons. The maximum Gasteiger partial charge on any atom is 0.306 e. The first-order valence-electron chi connectivity index (χ1n) is 9.16. The van der Waals surface area contributed by atoms with Gasteiger partial charge in [-0.25, -0.2) is 0 Å². The van der Waals surface area contributed by atoms with Gasteiger partial charge in [0.25, 0.3) is 0 Å². The van der Waals surface area contributed by atoms with Crippen LogP contribution in [-0.4, -0.2) is 24.3 Å². The Hall–Kier alpha value is -1.16. The van der Waals surface area contributed by atoms with Crippen molar-refractivity contribution >= 4 is 17.7 Å². The van der Waals surface area contributed by atoms with E-state index < -0.39 is 0 Å². The van der Waals surface area contributed by atoms with Crippen molar-refractivity contribution in [1.82, 2.24) is 0 Å². The minimum Gasteiger partial charge on any atom is -0.483 e. The van der Waals surface area contributed by atoms with Crippen LogP contribution in [0.1, 0.15) is 69.8 Å². The maximum atomic E-state index is 12.2. The van der Waals surface area contributed by atoms with Gasteiger partial charge in [0.15, 0.2) is 0 Å². The zero-order valence-corrected chi connectivity index (χ0v) is 15.8. The van der Waals surface area contributed by atoms with Crippen LogP contribution in [0.3, 0.4) is 0 Å². The predicted molar refractivity (Wildman–Crippen MR) is 101 cm³/mol. The molecule has 0 unspecified atom stereocenters. The van der Waals surface area contributed by atoms with E-state index in [1.54, 1.807) is 11.8 Å². The van der Waals surface area contributed by atoms with Crippen molar-refractivity contribution in [3.63, 3.8) is 0 Å². The van der Waals surface area contributed by atoms with E-state index in [4.69, 9.17) is 9.47 Å². The van der Waals surface area contributed by atoms with Crippen molar-refractivity contribution in [1.29, 1.82) is 0 Å². The molecule has 0 N–H and O–H groups in total. The number of thioether (sulfide) groups is 1. The number of para-hydroxylation sites is 1. The molecule has 1 aromatic rings. The minimum absolute atomic E-state index is 0.00749. The highest BCUT2D eigenvalue weighted by Gasteiger charge is 2.31. The van der Waals surface area contributed by atoms with Crippen LogP contribution in [0.25, 0.3) is 0 Å². The van der Waals surface area contributed by atoms with Crippen molar-refractivity contribution in [3.05, 3.63) is 29.8 Å². The molecule has 2 atom stereocenters. The summed E-state index contributed by atoms with van der Waals surface area (Å²) < 4.78 is 11.8. The monoisotopic (exact) mass is 350 g/mol. The van der Waals surface area contributed by atoms with Crippen LogP contribution in [0.5, 0.6) is 5.75 Å². The summed E-state index contributed by atoms with van der Waals surface area (Å²) in [5.41, 5.74) is 1.19. The highest BCUT2D eigenvalue weighted by atomic mass is 32.2.